The van der Waals surface area contributed by atoms with Gasteiger partial charge in [-0.25, -0.2) is 18.2 Å². The van der Waals surface area contributed by atoms with Gasteiger partial charge in [0, 0.05) is 30.3 Å². The van der Waals surface area contributed by atoms with Crippen LogP contribution in [0.25, 0.3) is 0 Å². The van der Waals surface area contributed by atoms with Crippen LogP contribution in [-0.2, 0) is 20.9 Å². The molecule has 0 N–H and O–H groups in total. The van der Waals surface area contributed by atoms with Crippen molar-refractivity contribution in [1.29, 1.82) is 0 Å². The van der Waals surface area contributed by atoms with Gasteiger partial charge in [-0.3, -0.25) is 4.31 Å². The molecule has 0 spiro atoms. The van der Waals surface area contributed by atoms with Crippen molar-refractivity contribution in [3.63, 3.8) is 0 Å². The Balaban J connectivity index is 1.72. The van der Waals surface area contributed by atoms with Crippen LogP contribution in [0.15, 0.2) is 45.9 Å². The van der Waals surface area contributed by atoms with E-state index in [4.69, 9.17) is 4.74 Å². The van der Waals surface area contributed by atoms with Crippen LogP contribution in [0.5, 0.6) is 0 Å². The second-order valence-electron chi connectivity index (χ2n) is 9.33. The van der Waals surface area contributed by atoms with Crippen molar-refractivity contribution in [1.82, 2.24) is 9.88 Å². The zero-order valence-electron chi connectivity index (χ0n) is 19.2. The SMILES string of the molecule is CC(C)(C)OC(=O)N1CCN2c3ncc(Br)cc3N(S(=O)(=O)c3cccc(C(F)(F)F)c3)C[C@H]2C1. The molecular formula is C22H24BrF3N4O4S. The highest BCUT2D eigenvalue weighted by atomic mass is 79.9. The molecular weight excluding hydrogens is 553 g/mol. The molecule has 1 amide bonds. The molecule has 2 aromatic rings. The molecule has 3 heterocycles. The van der Waals surface area contributed by atoms with E-state index in [1.165, 1.54) is 11.1 Å². The molecule has 2 aliphatic heterocycles. The summed E-state index contributed by atoms with van der Waals surface area (Å²) in [5.74, 6) is 0.379. The predicted octanol–water partition coefficient (Wildman–Crippen LogP) is 4.50. The summed E-state index contributed by atoms with van der Waals surface area (Å²) in [6, 6.07) is 4.75. The largest absolute Gasteiger partial charge is 0.444 e. The minimum absolute atomic E-state index is 0.0803. The quantitative estimate of drug-likeness (QED) is 0.523. The number of amides is 1. The maximum atomic E-state index is 13.6. The van der Waals surface area contributed by atoms with E-state index in [-0.39, 0.29) is 18.8 Å². The number of halogens is 4. The molecule has 0 saturated carbocycles. The van der Waals surface area contributed by atoms with Crippen LogP contribution in [0.4, 0.5) is 29.5 Å². The van der Waals surface area contributed by atoms with Gasteiger partial charge < -0.3 is 14.5 Å². The van der Waals surface area contributed by atoms with E-state index in [0.717, 1.165) is 22.5 Å². The van der Waals surface area contributed by atoms with Crippen LogP contribution in [-0.4, -0.2) is 62.2 Å². The Morgan fingerprint density at radius 3 is 2.51 bits per heavy atom. The minimum Gasteiger partial charge on any atom is -0.444 e. The molecule has 0 bridgehead atoms. The molecule has 13 heteroatoms. The standard InChI is InChI=1S/C22H24BrF3N4O4S/c1-21(2,3)34-20(31)28-7-8-29-16(12-28)13-30(18-10-15(23)11-27-19(18)29)35(32,33)17-6-4-5-14(9-17)22(24,25)26/h4-6,9-11,16H,7-8,12-13H2,1-3H3/t16-/m1/s1. The zero-order chi connectivity index (χ0) is 25.8. The van der Waals surface area contributed by atoms with Gasteiger partial charge in [0.25, 0.3) is 10.0 Å². The minimum atomic E-state index is -4.69. The summed E-state index contributed by atoms with van der Waals surface area (Å²) >= 11 is 3.30. The summed E-state index contributed by atoms with van der Waals surface area (Å²) < 4.78 is 74.1. The first kappa shape index (κ1) is 25.5. The zero-order valence-corrected chi connectivity index (χ0v) is 21.6. The number of hydrogen-bond acceptors (Lipinski definition) is 6. The number of fused-ring (bicyclic) bond motifs is 3. The number of aromatic nitrogens is 1. The summed E-state index contributed by atoms with van der Waals surface area (Å²) in [5.41, 5.74) is -1.50. The molecule has 190 valence electrons. The van der Waals surface area contributed by atoms with Gasteiger partial charge >= 0.3 is 12.3 Å². The number of sulfonamides is 1. The Bertz CT molecular complexity index is 1250. The number of piperazine rings is 1. The molecule has 2 aliphatic rings. The number of alkyl halides is 3. The van der Waals surface area contributed by atoms with Crippen molar-refractivity contribution in [2.75, 3.05) is 35.4 Å². The van der Waals surface area contributed by atoms with E-state index in [2.05, 4.69) is 20.9 Å². The Morgan fingerprint density at radius 1 is 1.14 bits per heavy atom. The van der Waals surface area contributed by atoms with Gasteiger partial charge in [-0.15, -0.1) is 0 Å². The second-order valence-corrected chi connectivity index (χ2v) is 12.1. The van der Waals surface area contributed by atoms with Crippen LogP contribution in [0.1, 0.15) is 26.3 Å². The topological polar surface area (TPSA) is 83.1 Å². The lowest BCUT2D eigenvalue weighted by Crippen LogP contribution is -2.62. The van der Waals surface area contributed by atoms with Crippen molar-refractivity contribution < 1.29 is 31.1 Å². The summed E-state index contributed by atoms with van der Waals surface area (Å²) in [7, 11) is -4.38. The lowest BCUT2D eigenvalue weighted by molar-refractivity contribution is -0.137. The fourth-order valence-corrected chi connectivity index (χ4v) is 5.95. The smallest absolute Gasteiger partial charge is 0.416 e. The highest BCUT2D eigenvalue weighted by Gasteiger charge is 2.43. The number of carbonyl (C=O) groups excluding carboxylic acids is 1. The summed E-state index contributed by atoms with van der Waals surface area (Å²) in [6.07, 6.45) is -3.68. The molecule has 1 fully saturated rings. The maximum Gasteiger partial charge on any atom is 0.416 e. The average molecular weight is 577 g/mol. The number of benzene rings is 1. The Labute approximate surface area is 209 Å². The molecule has 0 unspecified atom stereocenters. The third-order valence-electron chi connectivity index (χ3n) is 5.61. The average Bonchev–Trinajstić information content (AvgIpc) is 2.76. The van der Waals surface area contributed by atoms with E-state index < -0.39 is 44.4 Å². The van der Waals surface area contributed by atoms with Gasteiger partial charge in [0.1, 0.15) is 5.60 Å². The van der Waals surface area contributed by atoms with E-state index in [1.807, 2.05) is 4.90 Å². The molecule has 35 heavy (non-hydrogen) atoms. The molecule has 1 aromatic heterocycles. The first-order valence-electron chi connectivity index (χ1n) is 10.8. The van der Waals surface area contributed by atoms with Crippen molar-refractivity contribution >= 4 is 43.6 Å². The number of anilines is 2. The highest BCUT2D eigenvalue weighted by Crippen LogP contribution is 2.40. The van der Waals surface area contributed by atoms with Crippen LogP contribution in [0.2, 0.25) is 0 Å². The van der Waals surface area contributed by atoms with Gasteiger partial charge in [0.05, 0.1) is 28.7 Å². The van der Waals surface area contributed by atoms with Crippen molar-refractivity contribution in [2.45, 2.75) is 43.5 Å². The fourth-order valence-electron chi connectivity index (χ4n) is 4.09. The number of nitrogens with zero attached hydrogens (tertiary/aromatic N) is 4. The number of pyridine rings is 1. The first-order chi connectivity index (χ1) is 16.2. The highest BCUT2D eigenvalue weighted by molar-refractivity contribution is 9.10. The summed E-state index contributed by atoms with van der Waals surface area (Å²) in [4.78, 5) is 20.0. The van der Waals surface area contributed by atoms with Crippen LogP contribution < -0.4 is 9.21 Å². The molecule has 0 aliphatic carbocycles. The molecule has 4 rings (SSSR count). The van der Waals surface area contributed by atoms with E-state index >= 15 is 0 Å². The Hall–Kier alpha value is -2.54. The lowest BCUT2D eigenvalue weighted by atomic mass is 10.1. The third kappa shape index (κ3) is 5.20. The van der Waals surface area contributed by atoms with E-state index in [9.17, 15) is 26.4 Å². The second kappa shape index (κ2) is 8.84. The van der Waals surface area contributed by atoms with Crippen LogP contribution in [0, 0.1) is 0 Å². The maximum absolute atomic E-state index is 13.6. The lowest BCUT2D eigenvalue weighted by Gasteiger charge is -2.48. The number of carbonyl (C=O) groups is 1. The number of rotatable bonds is 2. The Morgan fingerprint density at radius 2 is 1.86 bits per heavy atom. The number of ether oxygens (including phenoxy) is 1. The summed E-state index contributed by atoms with van der Waals surface area (Å²) in [5, 5.41) is 0. The molecule has 8 nitrogen and oxygen atoms in total. The van der Waals surface area contributed by atoms with Crippen LogP contribution >= 0.6 is 15.9 Å². The van der Waals surface area contributed by atoms with Gasteiger partial charge in [0.2, 0.25) is 0 Å². The molecule has 0 radical (unpaired) electrons. The monoisotopic (exact) mass is 576 g/mol. The molecule has 1 aromatic carbocycles. The Kier molecular flexibility index (Phi) is 6.45. The van der Waals surface area contributed by atoms with Gasteiger partial charge in [-0.2, -0.15) is 13.2 Å². The summed E-state index contributed by atoms with van der Waals surface area (Å²) in [6.45, 7) is 6.09. The van der Waals surface area contributed by atoms with Crippen molar-refractivity contribution in [3.8, 4) is 0 Å². The molecule has 1 saturated heterocycles. The van der Waals surface area contributed by atoms with Gasteiger partial charge in [-0.05, 0) is 61.0 Å². The van der Waals surface area contributed by atoms with Gasteiger partial charge in [-0.1, -0.05) is 6.07 Å². The normalized spacial score (nSPS) is 18.7. The van der Waals surface area contributed by atoms with Crippen LogP contribution in [0.3, 0.4) is 0 Å². The fraction of sp³-hybridized carbons (Fsp3) is 0.455. The number of hydrogen-bond donors (Lipinski definition) is 0. The van der Waals surface area contributed by atoms with Gasteiger partial charge in [0.15, 0.2) is 5.82 Å². The first-order valence-corrected chi connectivity index (χ1v) is 13.0. The van der Waals surface area contributed by atoms with Crippen molar-refractivity contribution in [2.24, 2.45) is 0 Å². The third-order valence-corrected chi connectivity index (χ3v) is 7.82. The predicted molar refractivity (Wildman–Crippen MR) is 127 cm³/mol. The van der Waals surface area contributed by atoms with Crippen molar-refractivity contribution in [3.05, 3.63) is 46.6 Å². The van der Waals surface area contributed by atoms with E-state index in [1.54, 1.807) is 26.8 Å². The molecule has 1 atom stereocenters. The van der Waals surface area contributed by atoms with E-state index in [0.29, 0.717) is 29.4 Å².